The number of halogens is 1. The predicted octanol–water partition coefficient (Wildman–Crippen LogP) is 1.66. The average molecular weight is 340 g/mol. The molecule has 1 atom stereocenters. The van der Waals surface area contributed by atoms with Gasteiger partial charge in [0, 0.05) is 24.8 Å². The number of sulfone groups is 1. The first kappa shape index (κ1) is 16.2. The van der Waals surface area contributed by atoms with Crippen molar-refractivity contribution in [1.82, 2.24) is 4.90 Å². The summed E-state index contributed by atoms with van der Waals surface area (Å²) >= 11 is 0. The Morgan fingerprint density at radius 3 is 2.35 bits per heavy atom. The maximum Gasteiger partial charge on any atom is 0.226 e. The lowest BCUT2D eigenvalue weighted by Crippen LogP contribution is -2.45. The monoisotopic (exact) mass is 340 g/mol. The van der Waals surface area contributed by atoms with Gasteiger partial charge in [-0.2, -0.15) is 0 Å². The summed E-state index contributed by atoms with van der Waals surface area (Å²) in [5.41, 5.74) is 0.873. The van der Waals surface area contributed by atoms with Crippen molar-refractivity contribution in [2.24, 2.45) is 5.92 Å². The van der Waals surface area contributed by atoms with E-state index in [2.05, 4.69) is 5.32 Å². The van der Waals surface area contributed by atoms with Gasteiger partial charge in [-0.1, -0.05) is 0 Å². The molecule has 2 saturated heterocycles. The predicted molar refractivity (Wildman–Crippen MR) is 86.4 cm³/mol. The van der Waals surface area contributed by atoms with Crippen LogP contribution in [0.2, 0.25) is 0 Å². The molecule has 1 aromatic rings. The zero-order valence-corrected chi connectivity index (χ0v) is 13.7. The maximum atomic E-state index is 12.9. The Morgan fingerprint density at radius 1 is 1.13 bits per heavy atom. The van der Waals surface area contributed by atoms with Crippen molar-refractivity contribution in [3.8, 4) is 0 Å². The normalized spacial score (nSPS) is 24.6. The van der Waals surface area contributed by atoms with E-state index in [1.165, 1.54) is 12.1 Å². The first-order valence-corrected chi connectivity index (χ1v) is 9.76. The first-order chi connectivity index (χ1) is 10.9. The van der Waals surface area contributed by atoms with Crippen LogP contribution in [0.25, 0.3) is 0 Å². The number of carbonyl (C=O) groups excluding carboxylic acids is 1. The van der Waals surface area contributed by atoms with Gasteiger partial charge < -0.3 is 10.2 Å². The van der Waals surface area contributed by atoms with Crippen LogP contribution in [-0.2, 0) is 14.6 Å². The second kappa shape index (κ2) is 6.47. The van der Waals surface area contributed by atoms with E-state index < -0.39 is 9.84 Å². The van der Waals surface area contributed by atoms with Gasteiger partial charge in [-0.05, 0) is 43.5 Å². The zero-order valence-electron chi connectivity index (χ0n) is 12.9. The van der Waals surface area contributed by atoms with Crippen LogP contribution in [0, 0.1) is 11.7 Å². The molecule has 0 aromatic heterocycles. The lowest BCUT2D eigenvalue weighted by atomic mass is 10.0. The van der Waals surface area contributed by atoms with Crippen LogP contribution in [0.3, 0.4) is 0 Å². The lowest BCUT2D eigenvalue weighted by Gasteiger charge is -2.34. The van der Waals surface area contributed by atoms with Gasteiger partial charge in [0.2, 0.25) is 5.91 Å². The molecule has 0 spiro atoms. The SMILES string of the molecule is O=C([C@@H]1CCS(=O)(=O)C1)N1CCC(Nc2ccc(F)cc2)CC1. The fourth-order valence-electron chi connectivity index (χ4n) is 3.27. The molecule has 2 aliphatic rings. The molecule has 5 nitrogen and oxygen atoms in total. The van der Waals surface area contributed by atoms with Crippen molar-refractivity contribution < 1.29 is 17.6 Å². The summed E-state index contributed by atoms with van der Waals surface area (Å²) in [6.07, 6.45) is 2.07. The van der Waals surface area contributed by atoms with Gasteiger partial charge in [0.1, 0.15) is 5.82 Å². The minimum atomic E-state index is -3.02. The van der Waals surface area contributed by atoms with Gasteiger partial charge in [-0.15, -0.1) is 0 Å². The third kappa shape index (κ3) is 4.02. The van der Waals surface area contributed by atoms with Gasteiger partial charge in [0.25, 0.3) is 0 Å². The molecule has 1 amide bonds. The number of likely N-dealkylation sites (tertiary alicyclic amines) is 1. The van der Waals surface area contributed by atoms with E-state index in [-0.39, 0.29) is 35.2 Å². The van der Waals surface area contributed by atoms with Crippen LogP contribution >= 0.6 is 0 Å². The van der Waals surface area contributed by atoms with Crippen molar-refractivity contribution in [3.63, 3.8) is 0 Å². The van der Waals surface area contributed by atoms with Crippen molar-refractivity contribution in [2.75, 3.05) is 29.9 Å². The fourth-order valence-corrected chi connectivity index (χ4v) is 5.01. The molecule has 0 unspecified atom stereocenters. The highest BCUT2D eigenvalue weighted by Crippen LogP contribution is 2.23. The second-order valence-corrected chi connectivity index (χ2v) is 8.58. The molecule has 3 rings (SSSR count). The topological polar surface area (TPSA) is 66.5 Å². The number of anilines is 1. The number of benzene rings is 1. The Kier molecular flexibility index (Phi) is 4.57. The highest BCUT2D eigenvalue weighted by molar-refractivity contribution is 7.91. The summed E-state index contributed by atoms with van der Waals surface area (Å²) in [5, 5.41) is 3.35. The summed E-state index contributed by atoms with van der Waals surface area (Å²) in [5.74, 6) is -0.513. The maximum absolute atomic E-state index is 12.9. The van der Waals surface area contributed by atoms with Crippen LogP contribution in [0.1, 0.15) is 19.3 Å². The van der Waals surface area contributed by atoms with Crippen LogP contribution in [0.5, 0.6) is 0 Å². The summed E-state index contributed by atoms with van der Waals surface area (Å²) in [4.78, 5) is 14.2. The van der Waals surface area contributed by atoms with Gasteiger partial charge >= 0.3 is 0 Å². The number of amides is 1. The molecule has 1 aromatic carbocycles. The molecule has 0 radical (unpaired) electrons. The van der Waals surface area contributed by atoms with Gasteiger partial charge in [0.15, 0.2) is 9.84 Å². The van der Waals surface area contributed by atoms with Gasteiger partial charge in [-0.3, -0.25) is 4.79 Å². The molecule has 2 heterocycles. The quantitative estimate of drug-likeness (QED) is 0.909. The third-order valence-corrected chi connectivity index (χ3v) is 6.37. The number of nitrogens with one attached hydrogen (secondary N) is 1. The van der Waals surface area contributed by atoms with Crippen molar-refractivity contribution in [1.29, 1.82) is 0 Å². The summed E-state index contributed by atoms with van der Waals surface area (Å²) in [6, 6.07) is 6.49. The van der Waals surface area contributed by atoms with Crippen LogP contribution < -0.4 is 5.32 Å². The highest BCUT2D eigenvalue weighted by atomic mass is 32.2. The minimum absolute atomic E-state index is 0.000405. The fraction of sp³-hybridized carbons (Fsp3) is 0.562. The zero-order chi connectivity index (χ0) is 16.4. The molecule has 2 fully saturated rings. The number of hydrogen-bond donors (Lipinski definition) is 1. The number of hydrogen-bond acceptors (Lipinski definition) is 4. The molecule has 2 aliphatic heterocycles. The van der Waals surface area contributed by atoms with E-state index in [9.17, 15) is 17.6 Å². The third-order valence-electron chi connectivity index (χ3n) is 4.60. The Hall–Kier alpha value is -1.63. The van der Waals surface area contributed by atoms with Crippen molar-refractivity contribution in [3.05, 3.63) is 30.1 Å². The first-order valence-electron chi connectivity index (χ1n) is 7.94. The molecule has 126 valence electrons. The number of nitrogens with zero attached hydrogens (tertiary/aromatic N) is 1. The molecule has 23 heavy (non-hydrogen) atoms. The van der Waals surface area contributed by atoms with E-state index in [4.69, 9.17) is 0 Å². The Bertz CT molecular complexity index is 667. The van der Waals surface area contributed by atoms with E-state index in [0.29, 0.717) is 19.5 Å². The number of piperidine rings is 1. The molecular weight excluding hydrogens is 319 g/mol. The van der Waals surface area contributed by atoms with Crippen LogP contribution in [0.4, 0.5) is 10.1 Å². The van der Waals surface area contributed by atoms with E-state index >= 15 is 0 Å². The molecule has 1 N–H and O–H groups in total. The largest absolute Gasteiger partial charge is 0.382 e. The van der Waals surface area contributed by atoms with Crippen molar-refractivity contribution in [2.45, 2.75) is 25.3 Å². The molecule has 7 heteroatoms. The molecule has 0 saturated carbocycles. The number of carbonyl (C=O) groups is 1. The van der Waals surface area contributed by atoms with Crippen molar-refractivity contribution >= 4 is 21.4 Å². The molecular formula is C16H21FN2O3S. The molecule has 0 aliphatic carbocycles. The average Bonchev–Trinajstić information content (AvgIpc) is 2.90. The minimum Gasteiger partial charge on any atom is -0.382 e. The van der Waals surface area contributed by atoms with Gasteiger partial charge in [0.05, 0.1) is 17.4 Å². The second-order valence-electron chi connectivity index (χ2n) is 6.35. The Labute approximate surface area is 135 Å². The van der Waals surface area contributed by atoms with Crippen LogP contribution in [-0.4, -0.2) is 49.9 Å². The summed E-state index contributed by atoms with van der Waals surface area (Å²) in [7, 11) is -3.02. The number of rotatable bonds is 3. The van der Waals surface area contributed by atoms with Gasteiger partial charge in [-0.25, -0.2) is 12.8 Å². The smallest absolute Gasteiger partial charge is 0.226 e. The Morgan fingerprint density at radius 2 is 1.78 bits per heavy atom. The van der Waals surface area contributed by atoms with E-state index in [0.717, 1.165) is 18.5 Å². The summed E-state index contributed by atoms with van der Waals surface area (Å²) < 4.78 is 35.9. The standard InChI is InChI=1S/C16H21FN2O3S/c17-13-1-3-14(4-2-13)18-15-5-8-19(9-6-15)16(20)12-7-10-23(21,22)11-12/h1-4,12,15,18H,5-11H2/t12-/m1/s1. The molecule has 0 bridgehead atoms. The van der Waals surface area contributed by atoms with Crippen LogP contribution in [0.15, 0.2) is 24.3 Å². The highest BCUT2D eigenvalue weighted by Gasteiger charge is 2.36. The Balaban J connectivity index is 1.50. The van der Waals surface area contributed by atoms with E-state index in [1.54, 1.807) is 17.0 Å². The summed E-state index contributed by atoms with van der Waals surface area (Å²) in [6.45, 7) is 1.27. The lowest BCUT2D eigenvalue weighted by molar-refractivity contribution is -0.135. The van der Waals surface area contributed by atoms with E-state index in [1.807, 2.05) is 0 Å².